The zero-order valence-corrected chi connectivity index (χ0v) is 12.9. The molecule has 2 heterocycles. The molecule has 0 atom stereocenters. The van der Waals surface area contributed by atoms with Crippen LogP contribution in [0, 0.1) is 0 Å². The van der Waals surface area contributed by atoms with Crippen molar-refractivity contribution in [3.8, 4) is 0 Å². The van der Waals surface area contributed by atoms with Gasteiger partial charge in [-0.15, -0.1) is 11.3 Å². The summed E-state index contributed by atoms with van der Waals surface area (Å²) in [7, 11) is -3.45. The van der Waals surface area contributed by atoms with Gasteiger partial charge in [-0.1, -0.05) is 6.92 Å². The topological polar surface area (TPSA) is 86.9 Å². The highest BCUT2D eigenvalue weighted by molar-refractivity contribution is 7.91. The molecule has 0 saturated heterocycles. The Balaban J connectivity index is 1.95. The van der Waals surface area contributed by atoms with Crippen LogP contribution in [-0.2, 0) is 23.1 Å². The van der Waals surface area contributed by atoms with Crippen molar-refractivity contribution < 1.29 is 8.42 Å². The van der Waals surface area contributed by atoms with Gasteiger partial charge in [-0.05, 0) is 30.0 Å². The van der Waals surface area contributed by atoms with E-state index < -0.39 is 10.0 Å². The van der Waals surface area contributed by atoms with Gasteiger partial charge in [0.2, 0.25) is 10.0 Å². The van der Waals surface area contributed by atoms with E-state index >= 15 is 0 Å². The van der Waals surface area contributed by atoms with Crippen molar-refractivity contribution in [3.05, 3.63) is 35.0 Å². The Labute approximate surface area is 122 Å². The third kappa shape index (κ3) is 4.14. The van der Waals surface area contributed by atoms with Crippen LogP contribution in [-0.4, -0.2) is 25.2 Å². The van der Waals surface area contributed by atoms with Gasteiger partial charge in [-0.3, -0.25) is 5.10 Å². The maximum atomic E-state index is 12.1. The molecular weight excluding hydrogens is 296 g/mol. The first-order chi connectivity index (χ1) is 9.62. The molecule has 0 radical (unpaired) electrons. The van der Waals surface area contributed by atoms with Crippen LogP contribution in [0.25, 0.3) is 0 Å². The second-order valence-corrected chi connectivity index (χ2v) is 7.29. The normalized spacial score (nSPS) is 11.8. The molecule has 0 aromatic carbocycles. The molecule has 0 aliphatic rings. The molecule has 20 heavy (non-hydrogen) atoms. The van der Waals surface area contributed by atoms with Gasteiger partial charge in [-0.25, -0.2) is 13.1 Å². The molecule has 0 bridgehead atoms. The smallest absolute Gasteiger partial charge is 0.250 e. The first kappa shape index (κ1) is 15.2. The summed E-state index contributed by atoms with van der Waals surface area (Å²) < 4.78 is 27.1. The van der Waals surface area contributed by atoms with Crippen molar-refractivity contribution in [2.45, 2.75) is 30.6 Å². The molecule has 0 amide bonds. The van der Waals surface area contributed by atoms with Crippen molar-refractivity contribution in [1.29, 1.82) is 0 Å². The minimum absolute atomic E-state index is 0.236. The molecule has 0 spiro atoms. The number of aromatic amines is 1. The van der Waals surface area contributed by atoms with Crippen LogP contribution in [0.4, 0.5) is 0 Å². The van der Waals surface area contributed by atoms with Gasteiger partial charge in [-0.2, -0.15) is 5.10 Å². The summed E-state index contributed by atoms with van der Waals surface area (Å²) in [6, 6.07) is 1.71. The summed E-state index contributed by atoms with van der Waals surface area (Å²) in [6.07, 6.45) is 4.32. The summed E-state index contributed by atoms with van der Waals surface area (Å²) in [4.78, 5) is 0. The fourth-order valence-corrected chi connectivity index (χ4v) is 3.89. The standard InChI is InChI=1S/C12H18N4O2S2/c1-2-3-13-5-10-4-12(19-9-10)20(17,18)16-8-11-6-14-15-7-11/h4,6-7,9,13,16H,2-3,5,8H2,1H3,(H,14,15). The molecule has 2 aromatic rings. The Morgan fingerprint density at radius 1 is 1.35 bits per heavy atom. The first-order valence-electron chi connectivity index (χ1n) is 6.37. The zero-order valence-electron chi connectivity index (χ0n) is 11.2. The molecule has 0 aliphatic carbocycles. The number of nitrogens with zero attached hydrogens (tertiary/aromatic N) is 1. The Morgan fingerprint density at radius 3 is 2.90 bits per heavy atom. The van der Waals surface area contributed by atoms with Crippen LogP contribution in [0.15, 0.2) is 28.0 Å². The molecule has 110 valence electrons. The van der Waals surface area contributed by atoms with E-state index in [0.29, 0.717) is 10.8 Å². The lowest BCUT2D eigenvalue weighted by Crippen LogP contribution is -2.22. The highest BCUT2D eigenvalue weighted by Crippen LogP contribution is 2.20. The lowest BCUT2D eigenvalue weighted by atomic mass is 10.3. The van der Waals surface area contributed by atoms with E-state index in [4.69, 9.17) is 0 Å². The fraction of sp³-hybridized carbons (Fsp3) is 0.417. The molecule has 0 fully saturated rings. The molecule has 2 rings (SSSR count). The lowest BCUT2D eigenvalue weighted by Gasteiger charge is -2.02. The summed E-state index contributed by atoms with van der Waals surface area (Å²) >= 11 is 1.24. The molecule has 0 unspecified atom stereocenters. The van der Waals surface area contributed by atoms with E-state index in [1.807, 2.05) is 5.38 Å². The predicted molar refractivity (Wildman–Crippen MR) is 78.9 cm³/mol. The number of H-pyrrole nitrogens is 1. The SMILES string of the molecule is CCCNCc1csc(S(=O)(=O)NCc2cn[nH]c2)c1. The Morgan fingerprint density at radius 2 is 2.20 bits per heavy atom. The number of sulfonamides is 1. The summed E-state index contributed by atoms with van der Waals surface area (Å²) in [6.45, 7) is 3.95. The Kier molecular flexibility index (Phi) is 5.30. The maximum Gasteiger partial charge on any atom is 0.250 e. The van der Waals surface area contributed by atoms with Crippen LogP contribution in [0.3, 0.4) is 0 Å². The molecule has 6 nitrogen and oxygen atoms in total. The minimum atomic E-state index is -3.45. The maximum absolute atomic E-state index is 12.1. The van der Waals surface area contributed by atoms with E-state index in [2.05, 4.69) is 27.2 Å². The van der Waals surface area contributed by atoms with Crippen molar-refractivity contribution in [2.75, 3.05) is 6.54 Å². The van der Waals surface area contributed by atoms with Crippen LogP contribution < -0.4 is 10.0 Å². The number of aromatic nitrogens is 2. The number of nitrogens with one attached hydrogen (secondary N) is 3. The number of hydrogen-bond acceptors (Lipinski definition) is 5. The van der Waals surface area contributed by atoms with Crippen LogP contribution in [0.2, 0.25) is 0 Å². The molecular formula is C12H18N4O2S2. The summed E-state index contributed by atoms with van der Waals surface area (Å²) in [5.74, 6) is 0. The van der Waals surface area contributed by atoms with Gasteiger partial charge in [0.25, 0.3) is 0 Å². The molecule has 0 saturated carbocycles. The predicted octanol–water partition coefficient (Wildman–Crippen LogP) is 1.45. The third-order valence-electron chi connectivity index (χ3n) is 2.67. The van der Waals surface area contributed by atoms with Crippen molar-refractivity contribution in [2.24, 2.45) is 0 Å². The van der Waals surface area contributed by atoms with Gasteiger partial charge >= 0.3 is 0 Å². The molecule has 3 N–H and O–H groups in total. The highest BCUT2D eigenvalue weighted by atomic mass is 32.2. The van der Waals surface area contributed by atoms with Gasteiger partial charge in [0.05, 0.1) is 6.20 Å². The van der Waals surface area contributed by atoms with Crippen molar-refractivity contribution in [3.63, 3.8) is 0 Å². The monoisotopic (exact) mass is 314 g/mol. The van der Waals surface area contributed by atoms with Crippen LogP contribution in [0.5, 0.6) is 0 Å². The fourth-order valence-electron chi connectivity index (χ4n) is 1.62. The second-order valence-electron chi connectivity index (χ2n) is 4.38. The van der Waals surface area contributed by atoms with E-state index in [1.165, 1.54) is 11.3 Å². The van der Waals surface area contributed by atoms with Gasteiger partial charge in [0.1, 0.15) is 4.21 Å². The van der Waals surface area contributed by atoms with E-state index in [1.54, 1.807) is 18.5 Å². The quantitative estimate of drug-likeness (QED) is 0.644. The third-order valence-corrected chi connectivity index (χ3v) is 5.56. The Bertz CT molecular complexity index is 620. The Hall–Kier alpha value is -1.22. The first-order valence-corrected chi connectivity index (χ1v) is 8.73. The van der Waals surface area contributed by atoms with E-state index in [0.717, 1.165) is 24.1 Å². The van der Waals surface area contributed by atoms with Gasteiger partial charge < -0.3 is 5.32 Å². The number of rotatable bonds is 8. The summed E-state index contributed by atoms with van der Waals surface area (Å²) in [5.41, 5.74) is 1.79. The molecule has 0 aliphatic heterocycles. The average molecular weight is 314 g/mol. The van der Waals surface area contributed by atoms with Crippen LogP contribution in [0.1, 0.15) is 24.5 Å². The number of hydrogen-bond donors (Lipinski definition) is 3. The highest BCUT2D eigenvalue weighted by Gasteiger charge is 2.16. The largest absolute Gasteiger partial charge is 0.313 e. The summed E-state index contributed by atoms with van der Waals surface area (Å²) in [5, 5.41) is 11.5. The zero-order chi connectivity index (χ0) is 14.4. The van der Waals surface area contributed by atoms with Crippen LogP contribution >= 0.6 is 11.3 Å². The molecule has 8 heteroatoms. The number of thiophene rings is 1. The molecule has 2 aromatic heterocycles. The second kappa shape index (κ2) is 6.98. The average Bonchev–Trinajstić information content (AvgIpc) is 3.08. The van der Waals surface area contributed by atoms with Gasteiger partial charge in [0, 0.05) is 24.8 Å². The van der Waals surface area contributed by atoms with E-state index in [9.17, 15) is 8.42 Å². The van der Waals surface area contributed by atoms with Gasteiger partial charge in [0.15, 0.2) is 0 Å². The van der Waals surface area contributed by atoms with Crippen molar-refractivity contribution >= 4 is 21.4 Å². The minimum Gasteiger partial charge on any atom is -0.313 e. The van der Waals surface area contributed by atoms with E-state index in [-0.39, 0.29) is 6.54 Å². The lowest BCUT2D eigenvalue weighted by molar-refractivity contribution is 0.583. The van der Waals surface area contributed by atoms with Crippen molar-refractivity contribution in [1.82, 2.24) is 20.2 Å².